The van der Waals surface area contributed by atoms with Gasteiger partial charge in [0.2, 0.25) is 23.6 Å². The third kappa shape index (κ3) is 5.35. The Morgan fingerprint density at radius 1 is 0.964 bits per heavy atom. The molecule has 8 nitrogen and oxygen atoms in total. The highest BCUT2D eigenvalue weighted by atomic mass is 16.5. The number of benzene rings is 1. The van der Waals surface area contributed by atoms with Crippen LogP contribution in [0.15, 0.2) is 36.4 Å². The van der Waals surface area contributed by atoms with Crippen molar-refractivity contribution in [3.63, 3.8) is 0 Å². The van der Waals surface area contributed by atoms with Crippen LogP contribution in [-0.2, 0) is 9.59 Å². The molecule has 0 atom stereocenters. The molecule has 0 radical (unpaired) electrons. The lowest BCUT2D eigenvalue weighted by atomic mass is 10.1. The van der Waals surface area contributed by atoms with Crippen molar-refractivity contribution >= 4 is 28.9 Å². The third-order valence-corrected chi connectivity index (χ3v) is 4.20. The molecule has 0 aliphatic carbocycles. The molecule has 0 aliphatic rings. The molecule has 0 saturated carbocycles. The summed E-state index contributed by atoms with van der Waals surface area (Å²) >= 11 is 0. The summed E-state index contributed by atoms with van der Waals surface area (Å²) in [5, 5.41) is 0. The second-order valence-corrected chi connectivity index (χ2v) is 6.20. The van der Waals surface area contributed by atoms with Crippen LogP contribution < -0.4 is 25.8 Å². The van der Waals surface area contributed by atoms with Gasteiger partial charge in [-0.05, 0) is 31.0 Å². The van der Waals surface area contributed by atoms with Crippen molar-refractivity contribution < 1.29 is 19.1 Å². The van der Waals surface area contributed by atoms with Gasteiger partial charge in [0.05, 0.1) is 25.6 Å². The van der Waals surface area contributed by atoms with Gasteiger partial charge >= 0.3 is 0 Å². The topological polar surface area (TPSA) is 121 Å². The van der Waals surface area contributed by atoms with E-state index in [4.69, 9.17) is 20.9 Å². The number of anilines is 3. The van der Waals surface area contributed by atoms with E-state index in [9.17, 15) is 9.59 Å². The lowest BCUT2D eigenvalue weighted by Gasteiger charge is -2.25. The van der Waals surface area contributed by atoms with Crippen molar-refractivity contribution in [2.45, 2.75) is 32.1 Å². The molecule has 4 N–H and O–H groups in total. The van der Waals surface area contributed by atoms with E-state index in [0.29, 0.717) is 42.2 Å². The SMILES string of the molecule is COc1ccc(N(C(=O)CCCCCC(N)=O)c2ccccc2N)c(OC)n1. The Labute approximate surface area is 164 Å². The number of nitrogen functional groups attached to an aromatic ring is 1. The molecule has 0 saturated heterocycles. The highest BCUT2D eigenvalue weighted by molar-refractivity contribution is 6.04. The molecule has 150 valence electrons. The first-order chi connectivity index (χ1) is 13.5. The van der Waals surface area contributed by atoms with Crippen LogP contribution in [-0.4, -0.2) is 31.0 Å². The number of hydrogen-bond donors (Lipinski definition) is 2. The van der Waals surface area contributed by atoms with E-state index < -0.39 is 0 Å². The van der Waals surface area contributed by atoms with Crippen LogP contribution in [0.5, 0.6) is 11.8 Å². The Morgan fingerprint density at radius 3 is 2.32 bits per heavy atom. The number of nitrogens with zero attached hydrogens (tertiary/aromatic N) is 2. The number of hydrogen-bond acceptors (Lipinski definition) is 6. The van der Waals surface area contributed by atoms with Gasteiger partial charge in [0.25, 0.3) is 0 Å². The van der Waals surface area contributed by atoms with Crippen LogP contribution in [0.1, 0.15) is 32.1 Å². The lowest BCUT2D eigenvalue weighted by molar-refractivity contribution is -0.118. The number of methoxy groups -OCH3 is 2. The number of ether oxygens (including phenoxy) is 2. The number of rotatable bonds is 10. The van der Waals surface area contributed by atoms with Crippen molar-refractivity contribution in [1.82, 2.24) is 4.98 Å². The van der Waals surface area contributed by atoms with E-state index in [1.54, 1.807) is 30.3 Å². The van der Waals surface area contributed by atoms with Gasteiger partial charge in [0, 0.05) is 18.9 Å². The molecule has 8 heteroatoms. The van der Waals surface area contributed by atoms with Crippen molar-refractivity contribution in [2.75, 3.05) is 24.9 Å². The quantitative estimate of drug-likeness (QED) is 0.478. The molecular weight excluding hydrogens is 360 g/mol. The monoisotopic (exact) mass is 386 g/mol. The van der Waals surface area contributed by atoms with E-state index in [-0.39, 0.29) is 24.1 Å². The van der Waals surface area contributed by atoms with E-state index >= 15 is 0 Å². The number of pyridine rings is 1. The fraction of sp³-hybridized carbons (Fsp3) is 0.350. The summed E-state index contributed by atoms with van der Waals surface area (Å²) in [5.41, 5.74) is 12.8. The van der Waals surface area contributed by atoms with Gasteiger partial charge in [-0.25, -0.2) is 0 Å². The van der Waals surface area contributed by atoms with Crippen molar-refractivity contribution in [3.8, 4) is 11.8 Å². The Balaban J connectivity index is 2.30. The normalized spacial score (nSPS) is 10.4. The molecule has 0 bridgehead atoms. The zero-order chi connectivity index (χ0) is 20.5. The molecule has 0 aliphatic heterocycles. The van der Waals surface area contributed by atoms with Gasteiger partial charge in [-0.1, -0.05) is 18.6 Å². The fourth-order valence-electron chi connectivity index (χ4n) is 2.80. The van der Waals surface area contributed by atoms with E-state index in [1.807, 2.05) is 6.07 Å². The van der Waals surface area contributed by atoms with E-state index in [2.05, 4.69) is 4.98 Å². The van der Waals surface area contributed by atoms with Crippen molar-refractivity contribution in [2.24, 2.45) is 5.73 Å². The lowest BCUT2D eigenvalue weighted by Crippen LogP contribution is -2.27. The number of amides is 2. The highest BCUT2D eigenvalue weighted by Crippen LogP contribution is 2.37. The zero-order valence-corrected chi connectivity index (χ0v) is 16.2. The number of aromatic nitrogens is 1. The first kappa shape index (κ1) is 21.0. The largest absolute Gasteiger partial charge is 0.481 e. The van der Waals surface area contributed by atoms with Crippen LogP contribution >= 0.6 is 0 Å². The Bertz CT molecular complexity index is 826. The van der Waals surface area contributed by atoms with Gasteiger partial charge in [0.1, 0.15) is 5.69 Å². The minimum atomic E-state index is -0.334. The zero-order valence-electron chi connectivity index (χ0n) is 16.2. The summed E-state index contributed by atoms with van der Waals surface area (Å²) in [4.78, 5) is 29.7. The number of nitrogens with two attached hydrogens (primary N) is 2. The molecule has 28 heavy (non-hydrogen) atoms. The smallest absolute Gasteiger partial charge is 0.241 e. The first-order valence-electron chi connectivity index (χ1n) is 9.02. The van der Waals surface area contributed by atoms with Crippen LogP contribution in [0.2, 0.25) is 0 Å². The first-order valence-corrected chi connectivity index (χ1v) is 9.02. The molecule has 0 fully saturated rings. The average Bonchev–Trinajstić information content (AvgIpc) is 2.69. The van der Waals surface area contributed by atoms with E-state index in [1.165, 1.54) is 19.1 Å². The standard InChI is InChI=1S/C20H26N4O4/c1-27-18-13-12-16(20(23-18)28-2)24(15-9-7-6-8-14(15)21)19(26)11-5-3-4-10-17(22)25/h6-9,12-13H,3-5,10-11,21H2,1-2H3,(H2,22,25). The molecule has 0 spiro atoms. The fourth-order valence-corrected chi connectivity index (χ4v) is 2.80. The summed E-state index contributed by atoms with van der Waals surface area (Å²) in [6.07, 6.45) is 2.61. The molecular formula is C20H26N4O4. The maximum atomic E-state index is 13.1. The predicted octanol–water partition coefficient (Wildman–Crippen LogP) is 2.78. The number of para-hydroxylation sites is 2. The Hall–Kier alpha value is -3.29. The summed E-state index contributed by atoms with van der Waals surface area (Å²) < 4.78 is 10.5. The van der Waals surface area contributed by atoms with Gasteiger partial charge in [-0.15, -0.1) is 0 Å². The van der Waals surface area contributed by atoms with Crippen LogP contribution in [0.4, 0.5) is 17.1 Å². The average molecular weight is 386 g/mol. The number of unbranched alkanes of at least 4 members (excludes halogenated alkanes) is 2. The van der Waals surface area contributed by atoms with Crippen LogP contribution in [0.25, 0.3) is 0 Å². The minimum absolute atomic E-state index is 0.151. The van der Waals surface area contributed by atoms with E-state index in [0.717, 1.165) is 6.42 Å². The number of carbonyl (C=O) groups is 2. The highest BCUT2D eigenvalue weighted by Gasteiger charge is 2.24. The van der Waals surface area contributed by atoms with Gasteiger partial charge in [-0.2, -0.15) is 4.98 Å². The summed E-state index contributed by atoms with van der Waals surface area (Å²) in [7, 11) is 2.98. The summed E-state index contributed by atoms with van der Waals surface area (Å²) in [6, 6.07) is 10.5. The van der Waals surface area contributed by atoms with Gasteiger partial charge < -0.3 is 20.9 Å². The molecule has 1 aromatic carbocycles. The maximum Gasteiger partial charge on any atom is 0.241 e. The Morgan fingerprint density at radius 2 is 1.68 bits per heavy atom. The third-order valence-electron chi connectivity index (χ3n) is 4.20. The molecule has 1 heterocycles. The summed E-state index contributed by atoms with van der Waals surface area (Å²) in [6.45, 7) is 0. The molecule has 2 amide bonds. The van der Waals surface area contributed by atoms with Crippen molar-refractivity contribution in [3.05, 3.63) is 36.4 Å². The number of carbonyl (C=O) groups excluding carboxylic acids is 2. The maximum absolute atomic E-state index is 13.1. The Kier molecular flexibility index (Phi) is 7.62. The van der Waals surface area contributed by atoms with Gasteiger partial charge in [-0.3, -0.25) is 14.5 Å². The number of primary amides is 1. The molecule has 2 aromatic rings. The molecule has 0 unspecified atom stereocenters. The van der Waals surface area contributed by atoms with Crippen LogP contribution in [0, 0.1) is 0 Å². The molecule has 1 aromatic heterocycles. The van der Waals surface area contributed by atoms with Crippen LogP contribution in [0.3, 0.4) is 0 Å². The summed E-state index contributed by atoms with van der Waals surface area (Å²) in [5.74, 6) is 0.145. The predicted molar refractivity (Wildman–Crippen MR) is 108 cm³/mol. The van der Waals surface area contributed by atoms with Crippen molar-refractivity contribution in [1.29, 1.82) is 0 Å². The molecule has 2 rings (SSSR count). The minimum Gasteiger partial charge on any atom is -0.481 e. The second-order valence-electron chi connectivity index (χ2n) is 6.20. The van der Waals surface area contributed by atoms with Gasteiger partial charge in [0.15, 0.2) is 0 Å². The second kappa shape index (κ2) is 10.1.